The van der Waals surface area contributed by atoms with E-state index in [9.17, 15) is 0 Å². The molecule has 0 aliphatic heterocycles. The Labute approximate surface area is 120 Å². The Morgan fingerprint density at radius 1 is 0.905 bits per heavy atom. The average Bonchev–Trinajstić information content (AvgIpc) is 3.14. The summed E-state index contributed by atoms with van der Waals surface area (Å²) in [5, 5.41) is 3.60. The van der Waals surface area contributed by atoms with Crippen molar-refractivity contribution in [2.24, 2.45) is 7.05 Å². The highest BCUT2D eigenvalue weighted by Gasteiger charge is 2.11. The maximum Gasteiger partial charge on any atom is 0.144 e. The third kappa shape index (κ3) is 1.29. The van der Waals surface area contributed by atoms with E-state index in [0.717, 1.165) is 16.7 Å². The van der Waals surface area contributed by atoms with Crippen molar-refractivity contribution in [3.8, 4) is 0 Å². The van der Waals surface area contributed by atoms with Crippen LogP contribution in [0.4, 0.5) is 0 Å². The minimum Gasteiger partial charge on any atom is -0.334 e. The van der Waals surface area contributed by atoms with Gasteiger partial charge in [0.05, 0.1) is 22.9 Å². The van der Waals surface area contributed by atoms with E-state index in [1.807, 2.05) is 25.6 Å². The Balaban J connectivity index is 2.19. The number of imidazole rings is 1. The summed E-state index contributed by atoms with van der Waals surface area (Å²) in [5.41, 5.74) is 4.33. The molecule has 0 N–H and O–H groups in total. The van der Waals surface area contributed by atoms with Gasteiger partial charge in [-0.25, -0.2) is 9.97 Å². The molecule has 0 atom stereocenters. The van der Waals surface area contributed by atoms with Crippen LogP contribution in [-0.2, 0) is 7.05 Å². The molecule has 21 heavy (non-hydrogen) atoms. The van der Waals surface area contributed by atoms with Crippen LogP contribution in [0.25, 0.3) is 38.4 Å². The molecular weight excluding hydrogens is 260 g/mol. The van der Waals surface area contributed by atoms with Crippen molar-refractivity contribution in [2.45, 2.75) is 0 Å². The molecule has 0 saturated heterocycles. The van der Waals surface area contributed by atoms with E-state index in [2.05, 4.69) is 55.5 Å². The molecule has 0 unspecified atom stereocenters. The van der Waals surface area contributed by atoms with Gasteiger partial charge in [-0.3, -0.25) is 0 Å². The molecule has 1 aromatic carbocycles. The van der Waals surface area contributed by atoms with Gasteiger partial charge in [0.25, 0.3) is 0 Å². The molecule has 100 valence electrons. The van der Waals surface area contributed by atoms with Gasteiger partial charge in [0.1, 0.15) is 5.65 Å². The first-order valence-corrected chi connectivity index (χ1v) is 6.91. The minimum absolute atomic E-state index is 0.992. The third-order valence-corrected chi connectivity index (χ3v) is 4.19. The highest BCUT2D eigenvalue weighted by Crippen LogP contribution is 2.31. The van der Waals surface area contributed by atoms with E-state index in [4.69, 9.17) is 0 Å². The van der Waals surface area contributed by atoms with Crippen molar-refractivity contribution < 1.29 is 0 Å². The van der Waals surface area contributed by atoms with Crippen molar-refractivity contribution in [1.29, 1.82) is 0 Å². The van der Waals surface area contributed by atoms with Crippen LogP contribution in [0.2, 0.25) is 0 Å². The molecule has 0 fully saturated rings. The highest BCUT2D eigenvalue weighted by molar-refractivity contribution is 6.15. The van der Waals surface area contributed by atoms with E-state index in [1.165, 1.54) is 21.7 Å². The maximum atomic E-state index is 4.56. The Morgan fingerprint density at radius 2 is 1.86 bits per heavy atom. The summed E-state index contributed by atoms with van der Waals surface area (Å²) in [7, 11) is 2.03. The lowest BCUT2D eigenvalue weighted by Gasteiger charge is -2.08. The summed E-state index contributed by atoms with van der Waals surface area (Å²) in [4.78, 5) is 9.04. The van der Waals surface area contributed by atoms with Crippen LogP contribution in [0.1, 0.15) is 0 Å². The summed E-state index contributed by atoms with van der Waals surface area (Å²) in [6, 6.07) is 12.7. The second-order valence-electron chi connectivity index (χ2n) is 5.38. The topological polar surface area (TPSA) is 35.1 Å². The average molecular weight is 272 g/mol. The first-order chi connectivity index (χ1) is 10.3. The Morgan fingerprint density at radius 3 is 2.81 bits per heavy atom. The molecule has 5 rings (SSSR count). The number of hydrogen-bond acceptors (Lipinski definition) is 2. The zero-order chi connectivity index (χ0) is 14.0. The molecule has 0 saturated carbocycles. The zero-order valence-electron chi connectivity index (χ0n) is 11.5. The molecule has 0 amide bonds. The van der Waals surface area contributed by atoms with Crippen LogP contribution in [0.3, 0.4) is 0 Å². The zero-order valence-corrected chi connectivity index (χ0v) is 11.5. The Bertz CT molecular complexity index is 1150. The third-order valence-electron chi connectivity index (χ3n) is 4.19. The van der Waals surface area contributed by atoms with Crippen LogP contribution in [0, 0.1) is 0 Å². The van der Waals surface area contributed by atoms with Gasteiger partial charge >= 0.3 is 0 Å². The fourth-order valence-electron chi connectivity index (χ4n) is 3.19. The summed E-state index contributed by atoms with van der Waals surface area (Å²) in [6.07, 6.45) is 5.77. The number of aryl methyl sites for hydroxylation is 1. The lowest BCUT2D eigenvalue weighted by molar-refractivity contribution is 0.948. The van der Waals surface area contributed by atoms with Gasteiger partial charge in [-0.2, -0.15) is 0 Å². The second kappa shape index (κ2) is 3.61. The van der Waals surface area contributed by atoms with E-state index < -0.39 is 0 Å². The highest BCUT2D eigenvalue weighted by atomic mass is 15.0. The van der Waals surface area contributed by atoms with Gasteiger partial charge in [0.15, 0.2) is 0 Å². The van der Waals surface area contributed by atoms with E-state index >= 15 is 0 Å². The normalized spacial score (nSPS) is 12.0. The molecule has 4 aromatic heterocycles. The standard InChI is InChI=1S/C17H12N4/c1-20-10-19-14-8-13-12(9-16(14)20)11-4-2-6-18-17(11)21-7-3-5-15(13)21/h2-10H,1H3. The predicted molar refractivity (Wildman–Crippen MR) is 84.5 cm³/mol. The van der Waals surface area contributed by atoms with E-state index in [-0.39, 0.29) is 0 Å². The number of fused-ring (bicyclic) bond motifs is 7. The first kappa shape index (κ1) is 10.9. The summed E-state index contributed by atoms with van der Waals surface area (Å²) < 4.78 is 4.20. The molecule has 0 spiro atoms. The van der Waals surface area contributed by atoms with Crippen molar-refractivity contribution in [3.63, 3.8) is 0 Å². The Hall–Kier alpha value is -2.88. The molecule has 4 heteroatoms. The SMILES string of the molecule is Cn1cnc2cc3c(cc21)c1cccnc1n1cccc31. The predicted octanol–water partition coefficient (Wildman–Crippen LogP) is 3.53. The van der Waals surface area contributed by atoms with Gasteiger partial charge in [-0.15, -0.1) is 0 Å². The molecular formula is C17H12N4. The molecule has 4 nitrogen and oxygen atoms in total. The van der Waals surface area contributed by atoms with Crippen molar-refractivity contribution in [3.05, 3.63) is 55.1 Å². The summed E-state index contributed by atoms with van der Waals surface area (Å²) >= 11 is 0. The van der Waals surface area contributed by atoms with Crippen LogP contribution in [-0.4, -0.2) is 18.9 Å². The van der Waals surface area contributed by atoms with Crippen molar-refractivity contribution in [1.82, 2.24) is 18.9 Å². The fraction of sp³-hybridized carbons (Fsp3) is 0.0588. The van der Waals surface area contributed by atoms with Crippen LogP contribution in [0.15, 0.2) is 55.1 Å². The summed E-state index contributed by atoms with van der Waals surface area (Å²) in [5.74, 6) is 0. The van der Waals surface area contributed by atoms with Gasteiger partial charge in [0.2, 0.25) is 0 Å². The molecule has 0 aliphatic carbocycles. The van der Waals surface area contributed by atoms with E-state index in [1.54, 1.807) is 0 Å². The molecule has 4 heterocycles. The lowest BCUT2D eigenvalue weighted by Crippen LogP contribution is -1.92. The molecule has 0 radical (unpaired) electrons. The smallest absolute Gasteiger partial charge is 0.144 e. The summed E-state index contributed by atoms with van der Waals surface area (Å²) in [6.45, 7) is 0. The van der Waals surface area contributed by atoms with Gasteiger partial charge in [-0.05, 0) is 41.8 Å². The number of pyridine rings is 2. The van der Waals surface area contributed by atoms with Gasteiger partial charge in [-0.1, -0.05) is 0 Å². The maximum absolute atomic E-state index is 4.56. The second-order valence-corrected chi connectivity index (χ2v) is 5.38. The van der Waals surface area contributed by atoms with E-state index in [0.29, 0.717) is 0 Å². The van der Waals surface area contributed by atoms with Crippen molar-refractivity contribution in [2.75, 3.05) is 0 Å². The number of hydrogen-bond donors (Lipinski definition) is 0. The number of rotatable bonds is 0. The number of benzene rings is 1. The quantitative estimate of drug-likeness (QED) is 0.404. The molecule has 0 aliphatic rings. The lowest BCUT2D eigenvalue weighted by atomic mass is 10.1. The van der Waals surface area contributed by atoms with Gasteiger partial charge in [0, 0.05) is 30.2 Å². The Kier molecular flexibility index (Phi) is 1.86. The minimum atomic E-state index is 0.992. The largest absolute Gasteiger partial charge is 0.334 e. The number of aromatic nitrogens is 4. The molecule has 5 aromatic rings. The molecule has 0 bridgehead atoms. The van der Waals surface area contributed by atoms with Crippen LogP contribution in [0.5, 0.6) is 0 Å². The first-order valence-electron chi connectivity index (χ1n) is 6.91. The van der Waals surface area contributed by atoms with Crippen LogP contribution < -0.4 is 0 Å². The van der Waals surface area contributed by atoms with Crippen LogP contribution >= 0.6 is 0 Å². The van der Waals surface area contributed by atoms with Crippen molar-refractivity contribution >= 4 is 38.4 Å². The monoisotopic (exact) mass is 272 g/mol. The van der Waals surface area contributed by atoms with Gasteiger partial charge < -0.3 is 8.97 Å². The number of nitrogens with zero attached hydrogens (tertiary/aromatic N) is 4. The fourth-order valence-corrected chi connectivity index (χ4v) is 3.19.